The summed E-state index contributed by atoms with van der Waals surface area (Å²) in [5.74, 6) is 0.756. The summed E-state index contributed by atoms with van der Waals surface area (Å²) in [4.78, 5) is 31.4. The van der Waals surface area contributed by atoms with Crippen LogP contribution >= 0.6 is 11.3 Å². The minimum absolute atomic E-state index is 0.0198. The van der Waals surface area contributed by atoms with Gasteiger partial charge in [0, 0.05) is 10.9 Å². The van der Waals surface area contributed by atoms with Crippen molar-refractivity contribution in [2.24, 2.45) is 0 Å². The topological polar surface area (TPSA) is 49.9 Å². The summed E-state index contributed by atoms with van der Waals surface area (Å²) in [6, 6.07) is 11.1. The molecule has 2 heterocycles. The van der Waals surface area contributed by atoms with Gasteiger partial charge in [-0.2, -0.15) is 0 Å². The van der Waals surface area contributed by atoms with Gasteiger partial charge in [0.2, 0.25) is 5.91 Å². The zero-order valence-corrected chi connectivity index (χ0v) is 17.0. The Morgan fingerprint density at radius 3 is 2.64 bits per heavy atom. The van der Waals surface area contributed by atoms with Crippen molar-refractivity contribution < 1.29 is 14.3 Å². The number of piperazine rings is 1. The summed E-state index contributed by atoms with van der Waals surface area (Å²) in [6.45, 7) is 0.651. The predicted molar refractivity (Wildman–Crippen MR) is 109 cm³/mol. The van der Waals surface area contributed by atoms with E-state index in [0.717, 1.165) is 36.1 Å². The van der Waals surface area contributed by atoms with Gasteiger partial charge in [0.25, 0.3) is 5.91 Å². The highest BCUT2D eigenvalue weighted by atomic mass is 32.1. The number of rotatable bonds is 5. The molecule has 2 amide bonds. The molecule has 2 aliphatic rings. The number of amides is 2. The van der Waals surface area contributed by atoms with Gasteiger partial charge in [-0.05, 0) is 42.0 Å². The third-order valence-electron chi connectivity index (χ3n) is 5.79. The third kappa shape index (κ3) is 3.78. The molecule has 0 spiro atoms. The van der Waals surface area contributed by atoms with Crippen LogP contribution in [0.2, 0.25) is 0 Å². The summed E-state index contributed by atoms with van der Waals surface area (Å²) in [6.07, 6.45) is 5.47. The molecule has 6 heteroatoms. The largest absolute Gasteiger partial charge is 0.497 e. The molecular formula is C22H26N2O3S. The van der Waals surface area contributed by atoms with Crippen LogP contribution in [-0.2, 0) is 16.1 Å². The number of carbonyl (C=O) groups excluding carboxylic acids is 2. The number of ether oxygens (including phenoxy) is 1. The van der Waals surface area contributed by atoms with Gasteiger partial charge in [0.1, 0.15) is 18.3 Å². The minimum Gasteiger partial charge on any atom is -0.497 e. The molecule has 5 nitrogen and oxygen atoms in total. The highest BCUT2D eigenvalue weighted by Gasteiger charge is 2.43. The Hall–Kier alpha value is -2.34. The van der Waals surface area contributed by atoms with Gasteiger partial charge in [-0.15, -0.1) is 11.3 Å². The quantitative estimate of drug-likeness (QED) is 0.765. The second kappa shape index (κ2) is 8.35. The Morgan fingerprint density at radius 1 is 1.11 bits per heavy atom. The van der Waals surface area contributed by atoms with Crippen LogP contribution in [0.3, 0.4) is 0 Å². The first kappa shape index (κ1) is 19.0. The molecule has 4 rings (SSSR count). The molecule has 0 unspecified atom stereocenters. The van der Waals surface area contributed by atoms with E-state index in [-0.39, 0.29) is 24.4 Å². The monoisotopic (exact) mass is 398 g/mol. The first-order valence-electron chi connectivity index (χ1n) is 9.93. The van der Waals surface area contributed by atoms with Crippen LogP contribution in [0.5, 0.6) is 5.75 Å². The lowest BCUT2D eigenvalue weighted by atomic mass is 9.91. The highest BCUT2D eigenvalue weighted by molar-refractivity contribution is 7.09. The van der Waals surface area contributed by atoms with Crippen LogP contribution in [0.1, 0.15) is 48.6 Å². The molecule has 0 N–H and O–H groups in total. The molecule has 2 aromatic rings. The molecule has 148 valence electrons. The number of thiophene rings is 1. The number of methoxy groups -OCH3 is 1. The summed E-state index contributed by atoms with van der Waals surface area (Å²) in [5.41, 5.74) is 0.815. The van der Waals surface area contributed by atoms with E-state index < -0.39 is 6.04 Å². The Labute approximate surface area is 169 Å². The second-order valence-corrected chi connectivity index (χ2v) is 8.57. The first-order chi connectivity index (χ1) is 13.7. The number of carbonyl (C=O) groups is 2. The summed E-state index contributed by atoms with van der Waals surface area (Å²) in [5, 5.41) is 2.00. The van der Waals surface area contributed by atoms with Crippen molar-refractivity contribution in [1.29, 1.82) is 0 Å². The third-order valence-corrected chi connectivity index (χ3v) is 6.65. The van der Waals surface area contributed by atoms with E-state index in [1.165, 1.54) is 6.42 Å². The van der Waals surface area contributed by atoms with Gasteiger partial charge in [-0.25, -0.2) is 0 Å². The van der Waals surface area contributed by atoms with Gasteiger partial charge in [-0.1, -0.05) is 37.5 Å². The summed E-state index contributed by atoms with van der Waals surface area (Å²) >= 11 is 1.61. The molecule has 1 aliphatic carbocycles. The van der Waals surface area contributed by atoms with E-state index in [1.807, 2.05) is 46.7 Å². The van der Waals surface area contributed by atoms with E-state index in [9.17, 15) is 9.59 Å². The van der Waals surface area contributed by atoms with E-state index in [4.69, 9.17) is 4.74 Å². The Kier molecular flexibility index (Phi) is 5.67. The highest BCUT2D eigenvalue weighted by Crippen LogP contribution is 2.34. The Balaban J connectivity index is 1.69. The second-order valence-electron chi connectivity index (χ2n) is 7.54. The fraction of sp³-hybridized carbons (Fsp3) is 0.455. The number of benzene rings is 1. The number of hydrogen-bond donors (Lipinski definition) is 0. The maximum absolute atomic E-state index is 13.6. The molecule has 1 aromatic heterocycles. The fourth-order valence-electron chi connectivity index (χ4n) is 4.33. The molecule has 2 fully saturated rings. The van der Waals surface area contributed by atoms with E-state index in [1.54, 1.807) is 23.3 Å². The number of hydrogen-bond acceptors (Lipinski definition) is 4. The first-order valence-corrected chi connectivity index (χ1v) is 10.8. The van der Waals surface area contributed by atoms with E-state index in [0.29, 0.717) is 12.3 Å². The predicted octanol–water partition coefficient (Wildman–Crippen LogP) is 4.00. The molecule has 0 bridgehead atoms. The minimum atomic E-state index is -0.597. The fourth-order valence-corrected chi connectivity index (χ4v) is 5.04. The Morgan fingerprint density at radius 2 is 1.93 bits per heavy atom. The summed E-state index contributed by atoms with van der Waals surface area (Å²) < 4.78 is 5.37. The van der Waals surface area contributed by atoms with Gasteiger partial charge < -0.3 is 14.5 Å². The van der Waals surface area contributed by atoms with Crippen molar-refractivity contribution in [3.05, 3.63) is 52.2 Å². The maximum atomic E-state index is 13.6. The molecule has 1 saturated heterocycles. The van der Waals surface area contributed by atoms with Crippen LogP contribution in [0.4, 0.5) is 0 Å². The van der Waals surface area contributed by atoms with Crippen LogP contribution < -0.4 is 4.74 Å². The zero-order valence-electron chi connectivity index (χ0n) is 16.2. The molecule has 1 aromatic carbocycles. The SMILES string of the molecule is COc1cccc([C@H]2C(=O)N(C3CCCCC3)CC(=O)N2Cc2cccs2)c1. The normalized spacial score (nSPS) is 21.2. The molecule has 0 radical (unpaired) electrons. The maximum Gasteiger partial charge on any atom is 0.250 e. The average Bonchev–Trinajstić information content (AvgIpc) is 3.24. The van der Waals surface area contributed by atoms with E-state index >= 15 is 0 Å². The van der Waals surface area contributed by atoms with E-state index in [2.05, 4.69) is 0 Å². The lowest BCUT2D eigenvalue weighted by molar-refractivity contribution is -0.159. The van der Waals surface area contributed by atoms with Crippen molar-refractivity contribution in [2.45, 2.75) is 50.7 Å². The van der Waals surface area contributed by atoms with Crippen molar-refractivity contribution in [2.75, 3.05) is 13.7 Å². The van der Waals surface area contributed by atoms with Gasteiger partial charge in [0.15, 0.2) is 0 Å². The average molecular weight is 399 g/mol. The zero-order chi connectivity index (χ0) is 19.5. The summed E-state index contributed by atoms with van der Waals surface area (Å²) in [7, 11) is 1.62. The smallest absolute Gasteiger partial charge is 0.250 e. The lowest BCUT2D eigenvalue weighted by Crippen LogP contribution is -2.58. The van der Waals surface area contributed by atoms with Crippen LogP contribution in [-0.4, -0.2) is 41.3 Å². The molecule has 28 heavy (non-hydrogen) atoms. The molecule has 1 saturated carbocycles. The lowest BCUT2D eigenvalue weighted by Gasteiger charge is -2.44. The van der Waals surface area contributed by atoms with Crippen molar-refractivity contribution in [3.8, 4) is 5.75 Å². The Bertz CT molecular complexity index is 830. The van der Waals surface area contributed by atoms with Crippen LogP contribution in [0.15, 0.2) is 41.8 Å². The van der Waals surface area contributed by atoms with Gasteiger partial charge in [0.05, 0.1) is 13.7 Å². The van der Waals surface area contributed by atoms with Crippen molar-refractivity contribution in [3.63, 3.8) is 0 Å². The van der Waals surface area contributed by atoms with Crippen LogP contribution in [0, 0.1) is 0 Å². The van der Waals surface area contributed by atoms with Gasteiger partial charge >= 0.3 is 0 Å². The van der Waals surface area contributed by atoms with Crippen molar-refractivity contribution in [1.82, 2.24) is 9.80 Å². The molecule has 1 aliphatic heterocycles. The standard InChI is InChI=1S/C22H26N2O3S/c1-27-18-10-5-7-16(13-18)21-22(26)23(17-8-3-2-4-9-17)15-20(25)24(21)14-19-11-6-12-28-19/h5-7,10-13,17,21H,2-4,8-9,14-15H2,1H3/t21-/m0/s1. The van der Waals surface area contributed by atoms with Crippen LogP contribution in [0.25, 0.3) is 0 Å². The molecular weight excluding hydrogens is 372 g/mol. The number of nitrogens with zero attached hydrogens (tertiary/aromatic N) is 2. The van der Waals surface area contributed by atoms with Crippen molar-refractivity contribution >= 4 is 23.2 Å². The van der Waals surface area contributed by atoms with Gasteiger partial charge in [-0.3, -0.25) is 9.59 Å². The molecule has 1 atom stereocenters.